The van der Waals surface area contributed by atoms with Crippen molar-refractivity contribution in [3.63, 3.8) is 0 Å². The van der Waals surface area contributed by atoms with Crippen molar-refractivity contribution >= 4 is 11.9 Å². The number of carbonyl (C=O) groups is 1. The summed E-state index contributed by atoms with van der Waals surface area (Å²) in [6, 6.07) is 8.50. The van der Waals surface area contributed by atoms with Gasteiger partial charge in [0.05, 0.1) is 0 Å². The molecule has 74 valence electrons. The van der Waals surface area contributed by atoms with E-state index < -0.39 is 0 Å². The maximum absolute atomic E-state index is 11.8. The highest BCUT2D eigenvalue weighted by Crippen LogP contribution is 2.74. The lowest BCUT2D eigenvalue weighted by Crippen LogP contribution is -2.04. The summed E-state index contributed by atoms with van der Waals surface area (Å²) < 4.78 is 0. The minimum Gasteiger partial charge on any atom is -0.299 e. The normalized spacial score (nSPS) is 39.6. The van der Waals surface area contributed by atoms with Crippen molar-refractivity contribution in [1.82, 2.24) is 0 Å². The molecule has 1 spiro atoms. The number of fused-ring (bicyclic) bond motifs is 3. The van der Waals surface area contributed by atoms with E-state index in [1.165, 1.54) is 11.1 Å². The summed E-state index contributed by atoms with van der Waals surface area (Å²) in [5.74, 6) is 1.32. The van der Waals surface area contributed by atoms with E-state index in [1.54, 1.807) is 0 Å². The lowest BCUT2D eigenvalue weighted by molar-refractivity contribution is -0.119. The average molecular weight is 196 g/mol. The molecule has 1 aromatic rings. The lowest BCUT2D eigenvalue weighted by atomic mass is 9.87. The summed E-state index contributed by atoms with van der Waals surface area (Å²) in [7, 11) is 0. The monoisotopic (exact) mass is 196 g/mol. The fourth-order valence-electron chi connectivity index (χ4n) is 3.70. The standard InChI is InChI=1S/C14H12O/c15-11-6-8-14-7-5-9-3-1-2-4-10(9)12(14)13(11)14/h1-5,7,12-13H,6,8H2/t12-,13-,14?/m0/s1. The van der Waals surface area contributed by atoms with Crippen molar-refractivity contribution < 1.29 is 4.79 Å². The van der Waals surface area contributed by atoms with E-state index in [9.17, 15) is 4.79 Å². The van der Waals surface area contributed by atoms with E-state index >= 15 is 0 Å². The Morgan fingerprint density at radius 2 is 2.07 bits per heavy atom. The van der Waals surface area contributed by atoms with Crippen LogP contribution in [0, 0.1) is 11.3 Å². The first-order valence-corrected chi connectivity index (χ1v) is 5.64. The number of hydrogen-bond acceptors (Lipinski definition) is 1. The van der Waals surface area contributed by atoms with E-state index in [1.807, 2.05) is 0 Å². The first kappa shape index (κ1) is 7.86. The van der Waals surface area contributed by atoms with Crippen molar-refractivity contribution in [1.29, 1.82) is 0 Å². The van der Waals surface area contributed by atoms with Gasteiger partial charge in [0.1, 0.15) is 5.78 Å². The summed E-state index contributed by atoms with van der Waals surface area (Å²) in [6.45, 7) is 0. The third-order valence-corrected chi connectivity index (χ3v) is 4.44. The molecule has 2 fully saturated rings. The molecule has 0 aliphatic heterocycles. The van der Waals surface area contributed by atoms with Crippen molar-refractivity contribution in [2.75, 3.05) is 0 Å². The molecular weight excluding hydrogens is 184 g/mol. The van der Waals surface area contributed by atoms with Crippen LogP contribution in [0.4, 0.5) is 0 Å². The molecule has 1 nitrogen and oxygen atoms in total. The Hall–Kier alpha value is -1.37. The Morgan fingerprint density at radius 1 is 1.20 bits per heavy atom. The molecule has 0 aromatic heterocycles. The molecule has 1 heteroatoms. The number of allylic oxidation sites excluding steroid dienone is 1. The van der Waals surface area contributed by atoms with E-state index in [0.29, 0.717) is 17.6 Å². The molecule has 0 saturated heterocycles. The summed E-state index contributed by atoms with van der Waals surface area (Å²) >= 11 is 0. The van der Waals surface area contributed by atoms with Gasteiger partial charge in [-0.15, -0.1) is 0 Å². The van der Waals surface area contributed by atoms with Crippen molar-refractivity contribution in [2.45, 2.75) is 18.8 Å². The number of ketones is 1. The van der Waals surface area contributed by atoms with Crippen molar-refractivity contribution in [2.24, 2.45) is 11.3 Å². The average Bonchev–Trinajstić information content (AvgIpc) is 2.86. The zero-order valence-corrected chi connectivity index (χ0v) is 8.44. The van der Waals surface area contributed by atoms with Crippen molar-refractivity contribution in [3.05, 3.63) is 41.5 Å². The predicted molar refractivity (Wildman–Crippen MR) is 58.4 cm³/mol. The topological polar surface area (TPSA) is 17.1 Å². The molecule has 1 unspecified atom stereocenters. The van der Waals surface area contributed by atoms with Crippen LogP contribution in [0.1, 0.15) is 29.9 Å². The predicted octanol–water partition coefficient (Wildman–Crippen LogP) is 2.78. The van der Waals surface area contributed by atoms with Gasteiger partial charge in [-0.25, -0.2) is 0 Å². The molecule has 2 saturated carbocycles. The third kappa shape index (κ3) is 0.750. The molecule has 15 heavy (non-hydrogen) atoms. The maximum Gasteiger partial charge on any atom is 0.137 e. The maximum atomic E-state index is 11.8. The molecule has 4 rings (SSSR count). The molecule has 3 aliphatic rings. The van der Waals surface area contributed by atoms with E-state index in [-0.39, 0.29) is 5.41 Å². The summed E-state index contributed by atoms with van der Waals surface area (Å²) in [4.78, 5) is 11.8. The number of carbonyl (C=O) groups excluding carboxylic acids is 1. The molecule has 0 heterocycles. The first-order chi connectivity index (χ1) is 7.33. The van der Waals surface area contributed by atoms with E-state index in [2.05, 4.69) is 36.4 Å². The highest BCUT2D eigenvalue weighted by atomic mass is 16.1. The van der Waals surface area contributed by atoms with Gasteiger partial charge < -0.3 is 0 Å². The second-order valence-corrected chi connectivity index (χ2v) is 5.00. The van der Waals surface area contributed by atoms with Crippen LogP contribution in [0.3, 0.4) is 0 Å². The summed E-state index contributed by atoms with van der Waals surface area (Å²) in [6.07, 6.45) is 6.39. The fraction of sp³-hybridized carbons (Fsp3) is 0.357. The van der Waals surface area contributed by atoms with Gasteiger partial charge in [-0.3, -0.25) is 4.79 Å². The number of hydrogen-bond donors (Lipinski definition) is 0. The van der Waals surface area contributed by atoms with Crippen LogP contribution in [0.15, 0.2) is 30.3 Å². The van der Waals surface area contributed by atoms with Crippen molar-refractivity contribution in [3.8, 4) is 0 Å². The van der Waals surface area contributed by atoms with Crippen LogP contribution < -0.4 is 0 Å². The molecule has 0 N–H and O–H groups in total. The van der Waals surface area contributed by atoms with Gasteiger partial charge in [0, 0.05) is 23.7 Å². The van der Waals surface area contributed by atoms with Gasteiger partial charge >= 0.3 is 0 Å². The van der Waals surface area contributed by atoms with Crippen LogP contribution in [0.5, 0.6) is 0 Å². The molecule has 3 atom stereocenters. The first-order valence-electron chi connectivity index (χ1n) is 5.64. The Morgan fingerprint density at radius 3 is 3.00 bits per heavy atom. The molecular formula is C14H12O. The number of rotatable bonds is 0. The van der Waals surface area contributed by atoms with Gasteiger partial charge in [0.15, 0.2) is 0 Å². The molecule has 0 amide bonds. The zero-order chi connectivity index (χ0) is 10.0. The largest absolute Gasteiger partial charge is 0.299 e. The zero-order valence-electron chi connectivity index (χ0n) is 8.44. The van der Waals surface area contributed by atoms with Gasteiger partial charge in [-0.05, 0) is 17.5 Å². The summed E-state index contributed by atoms with van der Waals surface area (Å²) in [5.41, 5.74) is 2.96. The van der Waals surface area contributed by atoms with Gasteiger partial charge in [0.2, 0.25) is 0 Å². The fourth-order valence-corrected chi connectivity index (χ4v) is 3.70. The third-order valence-electron chi connectivity index (χ3n) is 4.44. The Labute approximate surface area is 88.8 Å². The van der Waals surface area contributed by atoms with Gasteiger partial charge in [-0.1, -0.05) is 36.4 Å². The smallest absolute Gasteiger partial charge is 0.137 e. The molecule has 3 aliphatic carbocycles. The van der Waals surface area contributed by atoms with Crippen LogP contribution in [-0.4, -0.2) is 5.78 Å². The molecule has 0 radical (unpaired) electrons. The highest BCUT2D eigenvalue weighted by Gasteiger charge is 2.70. The number of Topliss-reactive ketones (excluding diaryl/α,β-unsaturated/α-hetero) is 1. The van der Waals surface area contributed by atoms with Gasteiger partial charge in [0.25, 0.3) is 0 Å². The highest BCUT2D eigenvalue weighted by molar-refractivity contribution is 5.92. The van der Waals surface area contributed by atoms with Gasteiger partial charge in [-0.2, -0.15) is 0 Å². The summed E-state index contributed by atoms with van der Waals surface area (Å²) in [5, 5.41) is 0. The second kappa shape index (κ2) is 2.24. The minimum absolute atomic E-state index is 0.242. The quantitative estimate of drug-likeness (QED) is 0.623. The minimum atomic E-state index is 0.242. The Bertz CT molecular complexity index is 500. The second-order valence-electron chi connectivity index (χ2n) is 5.00. The SMILES string of the molecule is O=C1CCC23C=Cc4ccccc4[C@H]2[C@H]13. The Balaban J connectivity index is 1.92. The van der Waals surface area contributed by atoms with Crippen LogP contribution >= 0.6 is 0 Å². The van der Waals surface area contributed by atoms with E-state index in [4.69, 9.17) is 0 Å². The molecule has 1 aromatic carbocycles. The van der Waals surface area contributed by atoms with Crippen LogP contribution in [-0.2, 0) is 4.79 Å². The van der Waals surface area contributed by atoms with Crippen LogP contribution in [0.2, 0.25) is 0 Å². The van der Waals surface area contributed by atoms with Crippen LogP contribution in [0.25, 0.3) is 6.08 Å². The molecule has 0 bridgehead atoms. The Kier molecular flexibility index (Phi) is 1.17. The lowest BCUT2D eigenvalue weighted by Gasteiger charge is -2.17. The van der Waals surface area contributed by atoms with E-state index in [0.717, 1.165) is 12.8 Å². The number of benzene rings is 1.